The van der Waals surface area contributed by atoms with Crippen LogP contribution in [-0.2, 0) is 6.42 Å². The fraction of sp³-hybridized carbons (Fsp3) is 0.333. The van der Waals surface area contributed by atoms with Crippen molar-refractivity contribution in [3.63, 3.8) is 0 Å². The summed E-state index contributed by atoms with van der Waals surface area (Å²) in [6.07, 6.45) is 2.92. The average Bonchev–Trinajstić information content (AvgIpc) is 2.87. The lowest BCUT2D eigenvalue weighted by Gasteiger charge is -2.39. The quantitative estimate of drug-likeness (QED) is 0.911. The van der Waals surface area contributed by atoms with Crippen LogP contribution in [0.25, 0.3) is 0 Å². The summed E-state index contributed by atoms with van der Waals surface area (Å²) in [7, 11) is 0. The van der Waals surface area contributed by atoms with Crippen molar-refractivity contribution in [2.24, 2.45) is 0 Å². The van der Waals surface area contributed by atoms with E-state index in [1.54, 1.807) is 4.90 Å². The molecule has 1 aromatic carbocycles. The van der Waals surface area contributed by atoms with Crippen LogP contribution in [0.3, 0.4) is 0 Å². The molecule has 2 aliphatic heterocycles. The van der Waals surface area contributed by atoms with Gasteiger partial charge in [-0.2, -0.15) is 0 Å². The molecule has 1 N–H and O–H groups in total. The minimum absolute atomic E-state index is 0.137. The van der Waals surface area contributed by atoms with Crippen LogP contribution in [0.1, 0.15) is 44.4 Å². The van der Waals surface area contributed by atoms with Crippen molar-refractivity contribution in [3.05, 3.63) is 58.0 Å². The summed E-state index contributed by atoms with van der Waals surface area (Å²) in [5.74, 6) is 0.574. The summed E-state index contributed by atoms with van der Waals surface area (Å²) < 4.78 is 5.48. The number of likely N-dealkylation sites (tertiary alicyclic amines) is 1. The van der Waals surface area contributed by atoms with Gasteiger partial charge in [-0.1, -0.05) is 23.7 Å². The van der Waals surface area contributed by atoms with Gasteiger partial charge in [0.05, 0.1) is 11.1 Å². The molecule has 0 atom stereocenters. The summed E-state index contributed by atoms with van der Waals surface area (Å²) in [4.78, 5) is 26.7. The van der Waals surface area contributed by atoms with Crippen LogP contribution in [0.2, 0.25) is 5.02 Å². The Morgan fingerprint density at radius 3 is 2.75 bits per heavy atom. The average molecular weight is 345 g/mol. The first-order valence-corrected chi connectivity index (χ1v) is 8.44. The molecule has 6 heteroatoms. The molecule has 2 aromatic rings. The largest absolute Gasteiger partial charge is 0.468 e. The van der Waals surface area contributed by atoms with Crippen LogP contribution >= 0.6 is 11.6 Å². The molecule has 0 bridgehead atoms. The van der Waals surface area contributed by atoms with Gasteiger partial charge in [0.2, 0.25) is 0 Å². The highest BCUT2D eigenvalue weighted by molar-refractivity contribution is 6.30. The zero-order chi connectivity index (χ0) is 16.7. The molecule has 0 aliphatic carbocycles. The van der Waals surface area contributed by atoms with Crippen molar-refractivity contribution in [1.82, 2.24) is 10.2 Å². The zero-order valence-corrected chi connectivity index (χ0v) is 13.8. The van der Waals surface area contributed by atoms with Gasteiger partial charge in [0.15, 0.2) is 0 Å². The van der Waals surface area contributed by atoms with E-state index >= 15 is 0 Å². The van der Waals surface area contributed by atoms with Crippen molar-refractivity contribution in [2.45, 2.75) is 18.8 Å². The molecular formula is C18H17ClN2O3. The molecule has 1 aromatic heterocycles. The molecule has 5 nitrogen and oxygen atoms in total. The van der Waals surface area contributed by atoms with E-state index in [1.165, 1.54) is 11.8 Å². The third-order valence-corrected chi connectivity index (χ3v) is 4.95. The fourth-order valence-corrected chi connectivity index (χ4v) is 3.41. The minimum Gasteiger partial charge on any atom is -0.468 e. The number of rotatable bonds is 2. The summed E-state index contributed by atoms with van der Waals surface area (Å²) >= 11 is 5.91. The SMILES string of the molecule is O=C1NCCCc2occ(C(=O)N3CC(c4ccc(Cl)cc4)C3)c21. The molecule has 1 fully saturated rings. The highest BCUT2D eigenvalue weighted by Gasteiger charge is 2.36. The van der Waals surface area contributed by atoms with Crippen molar-refractivity contribution in [1.29, 1.82) is 0 Å². The van der Waals surface area contributed by atoms with Crippen LogP contribution in [0.4, 0.5) is 0 Å². The molecule has 0 radical (unpaired) electrons. The lowest BCUT2D eigenvalue weighted by Crippen LogP contribution is -2.48. The Kier molecular flexibility index (Phi) is 3.81. The van der Waals surface area contributed by atoms with Gasteiger partial charge in [-0.3, -0.25) is 9.59 Å². The van der Waals surface area contributed by atoms with Gasteiger partial charge >= 0.3 is 0 Å². The third kappa shape index (κ3) is 2.59. The second-order valence-electron chi connectivity index (χ2n) is 6.27. The van der Waals surface area contributed by atoms with Crippen molar-refractivity contribution in [2.75, 3.05) is 19.6 Å². The van der Waals surface area contributed by atoms with Gasteiger partial charge in [0.1, 0.15) is 12.0 Å². The molecule has 2 aliphatic rings. The fourth-order valence-electron chi connectivity index (χ4n) is 3.29. The van der Waals surface area contributed by atoms with E-state index in [0.717, 1.165) is 6.42 Å². The number of carbonyl (C=O) groups excluding carboxylic acids is 2. The molecule has 0 unspecified atom stereocenters. The van der Waals surface area contributed by atoms with Crippen LogP contribution in [0.5, 0.6) is 0 Å². The predicted octanol–water partition coefficient (Wildman–Crippen LogP) is 2.85. The number of benzene rings is 1. The molecule has 24 heavy (non-hydrogen) atoms. The highest BCUT2D eigenvalue weighted by atomic mass is 35.5. The van der Waals surface area contributed by atoms with Crippen molar-refractivity contribution >= 4 is 23.4 Å². The topological polar surface area (TPSA) is 62.6 Å². The lowest BCUT2D eigenvalue weighted by atomic mass is 9.90. The molecule has 4 rings (SSSR count). The highest BCUT2D eigenvalue weighted by Crippen LogP contribution is 2.31. The van der Waals surface area contributed by atoms with Crippen LogP contribution < -0.4 is 5.32 Å². The Morgan fingerprint density at radius 2 is 2.00 bits per heavy atom. The molecule has 0 saturated carbocycles. The predicted molar refractivity (Wildman–Crippen MR) is 89.5 cm³/mol. The van der Waals surface area contributed by atoms with Gasteiger partial charge in [-0.05, 0) is 24.1 Å². The Labute approximate surface area is 144 Å². The monoisotopic (exact) mass is 344 g/mol. The Morgan fingerprint density at radius 1 is 1.25 bits per heavy atom. The first-order valence-electron chi connectivity index (χ1n) is 8.07. The number of halogens is 1. The van der Waals surface area contributed by atoms with E-state index in [4.69, 9.17) is 16.0 Å². The summed E-state index contributed by atoms with van der Waals surface area (Å²) in [5.41, 5.74) is 1.96. The Balaban J connectivity index is 1.49. The van der Waals surface area contributed by atoms with Gasteiger partial charge < -0.3 is 14.6 Å². The standard InChI is InChI=1S/C18H17ClN2O3/c19-13-5-3-11(4-6-13)12-8-21(9-12)18(23)14-10-24-15-2-1-7-20-17(22)16(14)15/h3-6,10,12H,1-2,7-9H2,(H,20,22). The Bertz CT molecular complexity index is 791. The molecule has 2 amide bonds. The van der Waals surface area contributed by atoms with Crippen molar-refractivity contribution < 1.29 is 14.0 Å². The van der Waals surface area contributed by atoms with Crippen molar-refractivity contribution in [3.8, 4) is 0 Å². The second-order valence-corrected chi connectivity index (χ2v) is 6.70. The van der Waals surface area contributed by atoms with Crippen LogP contribution in [0, 0.1) is 0 Å². The van der Waals surface area contributed by atoms with E-state index in [9.17, 15) is 9.59 Å². The van der Waals surface area contributed by atoms with E-state index in [-0.39, 0.29) is 11.8 Å². The van der Waals surface area contributed by atoms with Gasteiger partial charge in [0, 0.05) is 37.0 Å². The van der Waals surface area contributed by atoms with E-state index in [0.29, 0.717) is 53.9 Å². The molecule has 1 saturated heterocycles. The second kappa shape index (κ2) is 5.98. The van der Waals surface area contributed by atoms with Crippen LogP contribution in [-0.4, -0.2) is 36.3 Å². The number of nitrogens with zero attached hydrogens (tertiary/aromatic N) is 1. The lowest BCUT2D eigenvalue weighted by molar-refractivity contribution is 0.0598. The summed E-state index contributed by atoms with van der Waals surface area (Å²) in [5, 5.41) is 3.52. The number of hydrogen-bond donors (Lipinski definition) is 1. The van der Waals surface area contributed by atoms with Crippen LogP contribution in [0.15, 0.2) is 34.9 Å². The smallest absolute Gasteiger partial charge is 0.257 e. The van der Waals surface area contributed by atoms with Gasteiger partial charge in [-0.15, -0.1) is 0 Å². The molecule has 3 heterocycles. The maximum absolute atomic E-state index is 12.7. The summed E-state index contributed by atoms with van der Waals surface area (Å²) in [6.45, 7) is 1.89. The number of fused-ring (bicyclic) bond motifs is 1. The maximum Gasteiger partial charge on any atom is 0.257 e. The first kappa shape index (κ1) is 15.3. The number of carbonyl (C=O) groups is 2. The Hall–Kier alpha value is -2.27. The van der Waals surface area contributed by atoms with Gasteiger partial charge in [-0.25, -0.2) is 0 Å². The number of furan rings is 1. The third-order valence-electron chi connectivity index (χ3n) is 4.70. The zero-order valence-electron chi connectivity index (χ0n) is 13.0. The van der Waals surface area contributed by atoms with E-state index < -0.39 is 0 Å². The first-order chi connectivity index (χ1) is 11.6. The maximum atomic E-state index is 12.7. The number of nitrogens with one attached hydrogen (secondary N) is 1. The normalized spacial score (nSPS) is 17.7. The number of hydrogen-bond acceptors (Lipinski definition) is 3. The molecule has 0 spiro atoms. The number of aryl methyl sites for hydroxylation is 1. The van der Waals surface area contributed by atoms with E-state index in [2.05, 4.69) is 5.32 Å². The van der Waals surface area contributed by atoms with E-state index in [1.807, 2.05) is 24.3 Å². The summed E-state index contributed by atoms with van der Waals surface area (Å²) in [6, 6.07) is 7.71. The molecular weight excluding hydrogens is 328 g/mol. The molecule has 124 valence electrons. The minimum atomic E-state index is -0.214. The van der Waals surface area contributed by atoms with Gasteiger partial charge in [0.25, 0.3) is 11.8 Å². The number of amides is 2.